The van der Waals surface area contributed by atoms with Crippen LogP contribution in [0.5, 0.6) is 0 Å². The minimum Gasteiger partial charge on any atom is -0.377 e. The van der Waals surface area contributed by atoms with Gasteiger partial charge in [-0.1, -0.05) is 6.92 Å². The molecular formula is C12H14BrFN4. The first kappa shape index (κ1) is 13.0. The lowest BCUT2D eigenvalue weighted by atomic mass is 10.3. The van der Waals surface area contributed by atoms with E-state index in [9.17, 15) is 4.39 Å². The molecule has 4 nitrogen and oxygen atoms in total. The second kappa shape index (κ2) is 5.95. The Morgan fingerprint density at radius 2 is 2.28 bits per heavy atom. The summed E-state index contributed by atoms with van der Waals surface area (Å²) in [5, 5.41) is 7.28. The van der Waals surface area contributed by atoms with E-state index in [0.717, 1.165) is 23.3 Å². The van der Waals surface area contributed by atoms with Crippen LogP contribution in [0.1, 0.15) is 19.2 Å². The molecule has 0 saturated carbocycles. The minimum atomic E-state index is -0.268. The van der Waals surface area contributed by atoms with Crippen LogP contribution in [0, 0.1) is 5.82 Å². The van der Waals surface area contributed by atoms with Crippen molar-refractivity contribution in [2.45, 2.75) is 26.4 Å². The third-order valence-corrected chi connectivity index (χ3v) is 3.19. The predicted molar refractivity (Wildman–Crippen MR) is 71.7 cm³/mol. The Morgan fingerprint density at radius 3 is 3.06 bits per heavy atom. The zero-order chi connectivity index (χ0) is 13.0. The third-order valence-electron chi connectivity index (χ3n) is 2.50. The number of aromatic nitrogens is 3. The molecule has 6 heteroatoms. The van der Waals surface area contributed by atoms with E-state index < -0.39 is 0 Å². The van der Waals surface area contributed by atoms with Crippen molar-refractivity contribution in [3.8, 4) is 0 Å². The zero-order valence-corrected chi connectivity index (χ0v) is 11.6. The van der Waals surface area contributed by atoms with Crippen molar-refractivity contribution in [3.05, 3.63) is 40.6 Å². The summed E-state index contributed by atoms with van der Waals surface area (Å²) in [6.07, 6.45) is 2.54. The van der Waals surface area contributed by atoms with Gasteiger partial charge in [-0.05, 0) is 40.5 Å². The van der Waals surface area contributed by atoms with E-state index in [4.69, 9.17) is 0 Å². The highest BCUT2D eigenvalue weighted by Gasteiger charge is 2.05. The van der Waals surface area contributed by atoms with Crippen LogP contribution in [0.2, 0.25) is 0 Å². The van der Waals surface area contributed by atoms with Gasteiger partial charge in [0, 0.05) is 11.0 Å². The Kier molecular flexibility index (Phi) is 4.30. The van der Waals surface area contributed by atoms with Crippen molar-refractivity contribution < 1.29 is 4.39 Å². The molecule has 1 aromatic heterocycles. The molecule has 96 valence electrons. The maximum absolute atomic E-state index is 13.1. The van der Waals surface area contributed by atoms with E-state index in [2.05, 4.69) is 38.3 Å². The molecule has 0 aliphatic rings. The standard InChI is InChI=1S/C12H14BrFN4/c1-2-5-18-12(16-8-17-18)7-15-11-6-9(14)3-4-10(11)13/h3-4,6,8,15H,2,5,7H2,1H3. The Balaban J connectivity index is 2.06. The molecule has 1 N–H and O–H groups in total. The number of hydrogen-bond donors (Lipinski definition) is 1. The summed E-state index contributed by atoms with van der Waals surface area (Å²) < 4.78 is 15.8. The Hall–Kier alpha value is -1.43. The molecule has 0 aliphatic carbocycles. The summed E-state index contributed by atoms with van der Waals surface area (Å²) in [5.41, 5.74) is 0.709. The second-order valence-corrected chi connectivity index (χ2v) is 4.73. The zero-order valence-electron chi connectivity index (χ0n) is 10.0. The highest BCUT2D eigenvalue weighted by molar-refractivity contribution is 9.10. The van der Waals surface area contributed by atoms with Gasteiger partial charge >= 0.3 is 0 Å². The molecule has 2 aromatic rings. The lowest BCUT2D eigenvalue weighted by molar-refractivity contribution is 0.574. The molecule has 2 rings (SSSR count). The number of nitrogens with zero attached hydrogens (tertiary/aromatic N) is 3. The molecule has 0 fully saturated rings. The van der Waals surface area contributed by atoms with Gasteiger partial charge in [-0.2, -0.15) is 5.10 Å². The predicted octanol–water partition coefficient (Wildman–Crippen LogP) is 3.20. The van der Waals surface area contributed by atoms with Gasteiger partial charge in [-0.15, -0.1) is 0 Å². The largest absolute Gasteiger partial charge is 0.377 e. The second-order valence-electron chi connectivity index (χ2n) is 3.88. The number of halogens is 2. The highest BCUT2D eigenvalue weighted by atomic mass is 79.9. The number of hydrogen-bond acceptors (Lipinski definition) is 3. The van der Waals surface area contributed by atoms with E-state index in [0.29, 0.717) is 12.2 Å². The average Bonchev–Trinajstić information content (AvgIpc) is 2.78. The van der Waals surface area contributed by atoms with E-state index >= 15 is 0 Å². The van der Waals surface area contributed by atoms with Gasteiger partial charge in [-0.3, -0.25) is 0 Å². The van der Waals surface area contributed by atoms with E-state index in [1.165, 1.54) is 18.5 Å². The van der Waals surface area contributed by atoms with Crippen LogP contribution in [0.4, 0.5) is 10.1 Å². The minimum absolute atomic E-state index is 0.268. The monoisotopic (exact) mass is 312 g/mol. The first-order chi connectivity index (χ1) is 8.70. The van der Waals surface area contributed by atoms with Crippen molar-refractivity contribution in [1.29, 1.82) is 0 Å². The van der Waals surface area contributed by atoms with E-state index in [-0.39, 0.29) is 5.82 Å². The smallest absolute Gasteiger partial charge is 0.146 e. The van der Waals surface area contributed by atoms with Gasteiger partial charge in [0.2, 0.25) is 0 Å². The number of rotatable bonds is 5. The van der Waals surface area contributed by atoms with Crippen LogP contribution in [0.3, 0.4) is 0 Å². The van der Waals surface area contributed by atoms with Crippen molar-refractivity contribution in [2.24, 2.45) is 0 Å². The van der Waals surface area contributed by atoms with E-state index in [1.54, 1.807) is 6.07 Å². The lowest BCUT2D eigenvalue weighted by Crippen LogP contribution is -2.10. The first-order valence-electron chi connectivity index (χ1n) is 5.76. The van der Waals surface area contributed by atoms with Crippen LogP contribution in [0.15, 0.2) is 29.0 Å². The van der Waals surface area contributed by atoms with Gasteiger partial charge < -0.3 is 5.32 Å². The molecule has 1 aromatic carbocycles. The summed E-state index contributed by atoms with van der Waals surface area (Å²) in [5.74, 6) is 0.573. The number of benzene rings is 1. The molecule has 0 atom stereocenters. The van der Waals surface area contributed by atoms with Gasteiger partial charge in [-0.25, -0.2) is 14.1 Å². The fourth-order valence-corrected chi connectivity index (χ4v) is 2.02. The quantitative estimate of drug-likeness (QED) is 0.922. The van der Waals surface area contributed by atoms with Gasteiger partial charge in [0.25, 0.3) is 0 Å². The molecule has 0 spiro atoms. The molecule has 0 saturated heterocycles. The molecule has 0 amide bonds. The molecule has 0 aliphatic heterocycles. The summed E-state index contributed by atoms with van der Waals surface area (Å²) in [6.45, 7) is 3.44. The number of nitrogens with one attached hydrogen (secondary N) is 1. The first-order valence-corrected chi connectivity index (χ1v) is 6.55. The van der Waals surface area contributed by atoms with Gasteiger partial charge in [0.05, 0.1) is 12.2 Å². The van der Waals surface area contributed by atoms with Crippen LogP contribution in [-0.2, 0) is 13.1 Å². The van der Waals surface area contributed by atoms with Crippen LogP contribution in [0.25, 0.3) is 0 Å². The van der Waals surface area contributed by atoms with Crippen LogP contribution in [-0.4, -0.2) is 14.8 Å². The Bertz CT molecular complexity index is 527. The van der Waals surface area contributed by atoms with Crippen molar-refractivity contribution >= 4 is 21.6 Å². The van der Waals surface area contributed by atoms with Crippen molar-refractivity contribution in [3.63, 3.8) is 0 Å². The van der Waals surface area contributed by atoms with Gasteiger partial charge in [0.15, 0.2) is 0 Å². The average molecular weight is 313 g/mol. The van der Waals surface area contributed by atoms with Crippen molar-refractivity contribution in [1.82, 2.24) is 14.8 Å². The van der Waals surface area contributed by atoms with Gasteiger partial charge in [0.1, 0.15) is 18.0 Å². The summed E-state index contributed by atoms with van der Waals surface area (Å²) in [6, 6.07) is 4.54. The SMILES string of the molecule is CCCn1ncnc1CNc1cc(F)ccc1Br. The molecular weight excluding hydrogens is 299 g/mol. The Morgan fingerprint density at radius 1 is 1.44 bits per heavy atom. The summed E-state index contributed by atoms with van der Waals surface area (Å²) >= 11 is 3.37. The van der Waals surface area contributed by atoms with Crippen LogP contribution < -0.4 is 5.32 Å². The number of aryl methyl sites for hydroxylation is 1. The fraction of sp³-hybridized carbons (Fsp3) is 0.333. The summed E-state index contributed by atoms with van der Waals surface area (Å²) in [4.78, 5) is 4.18. The molecule has 1 heterocycles. The molecule has 0 bridgehead atoms. The summed E-state index contributed by atoms with van der Waals surface area (Å²) in [7, 11) is 0. The van der Waals surface area contributed by atoms with Crippen molar-refractivity contribution in [2.75, 3.05) is 5.32 Å². The molecule has 18 heavy (non-hydrogen) atoms. The van der Waals surface area contributed by atoms with Crippen LogP contribution >= 0.6 is 15.9 Å². The maximum Gasteiger partial charge on any atom is 0.146 e. The lowest BCUT2D eigenvalue weighted by Gasteiger charge is -2.09. The molecule has 0 unspecified atom stereocenters. The molecule has 0 radical (unpaired) electrons. The topological polar surface area (TPSA) is 42.7 Å². The highest BCUT2D eigenvalue weighted by Crippen LogP contribution is 2.23. The third kappa shape index (κ3) is 3.07. The fourth-order valence-electron chi connectivity index (χ4n) is 1.63. The number of anilines is 1. The maximum atomic E-state index is 13.1. The normalized spacial score (nSPS) is 10.6. The Labute approximate surface area is 113 Å². The van der Waals surface area contributed by atoms with E-state index in [1.807, 2.05) is 4.68 Å².